The van der Waals surface area contributed by atoms with E-state index in [1.807, 2.05) is 6.07 Å². The van der Waals surface area contributed by atoms with Gasteiger partial charge >= 0.3 is 5.97 Å². The van der Waals surface area contributed by atoms with Crippen LogP contribution in [0.2, 0.25) is 0 Å². The number of carboxylic acids is 1. The summed E-state index contributed by atoms with van der Waals surface area (Å²) in [6.07, 6.45) is 3.20. The van der Waals surface area contributed by atoms with Gasteiger partial charge in [0.05, 0.1) is 5.56 Å². The van der Waals surface area contributed by atoms with Gasteiger partial charge in [-0.05, 0) is 30.0 Å². The third kappa shape index (κ3) is 2.13. The molecule has 0 atom stereocenters. The van der Waals surface area contributed by atoms with E-state index in [-0.39, 0.29) is 0 Å². The van der Waals surface area contributed by atoms with Gasteiger partial charge in [-0.1, -0.05) is 26.8 Å². The number of nitrogens with zero attached hydrogens (tertiary/aromatic N) is 1. The van der Waals surface area contributed by atoms with Gasteiger partial charge in [0, 0.05) is 23.6 Å². The Labute approximate surface area is 107 Å². The summed E-state index contributed by atoms with van der Waals surface area (Å²) < 4.78 is 2.16. The zero-order valence-electron chi connectivity index (χ0n) is 11.1. The molecule has 0 spiro atoms. The molecule has 1 aromatic heterocycles. The molecule has 18 heavy (non-hydrogen) atoms. The van der Waals surface area contributed by atoms with E-state index < -0.39 is 5.97 Å². The summed E-state index contributed by atoms with van der Waals surface area (Å²) in [4.78, 5) is 11.0. The molecule has 1 N–H and O–H groups in total. The van der Waals surface area contributed by atoms with Crippen molar-refractivity contribution in [1.82, 2.24) is 4.57 Å². The molecule has 1 heterocycles. The molecule has 0 bridgehead atoms. The van der Waals surface area contributed by atoms with Crippen molar-refractivity contribution in [2.45, 2.75) is 39.7 Å². The fraction of sp³-hybridized carbons (Fsp3) is 0.400. The van der Waals surface area contributed by atoms with Gasteiger partial charge in [0.1, 0.15) is 0 Å². The van der Waals surface area contributed by atoms with Crippen LogP contribution >= 0.6 is 0 Å². The molecule has 3 heteroatoms. The molecule has 2 aromatic rings. The van der Waals surface area contributed by atoms with Crippen LogP contribution < -0.4 is 0 Å². The van der Waals surface area contributed by atoms with E-state index in [0.717, 1.165) is 18.5 Å². The highest BCUT2D eigenvalue weighted by atomic mass is 16.4. The Morgan fingerprint density at radius 2 is 2.11 bits per heavy atom. The molecule has 0 fully saturated rings. The van der Waals surface area contributed by atoms with Crippen LogP contribution in [0.1, 0.15) is 49.0 Å². The standard InChI is InChI=1S/C15H19NO2/c1-4-7-16-9-13(10(2)3)12-6-5-11(15(17)18)8-14(12)16/h5-6,8-10H,4,7H2,1-3H3,(H,17,18). The summed E-state index contributed by atoms with van der Waals surface area (Å²) in [6, 6.07) is 5.40. The van der Waals surface area contributed by atoms with Crippen molar-refractivity contribution in [3.63, 3.8) is 0 Å². The minimum Gasteiger partial charge on any atom is -0.478 e. The van der Waals surface area contributed by atoms with Gasteiger partial charge in [-0.2, -0.15) is 0 Å². The van der Waals surface area contributed by atoms with E-state index in [1.54, 1.807) is 12.1 Å². The lowest BCUT2D eigenvalue weighted by atomic mass is 10.0. The molecule has 96 valence electrons. The molecule has 2 rings (SSSR count). The zero-order valence-corrected chi connectivity index (χ0v) is 11.1. The van der Waals surface area contributed by atoms with E-state index in [1.165, 1.54) is 10.9 Å². The van der Waals surface area contributed by atoms with Crippen molar-refractivity contribution >= 4 is 16.9 Å². The van der Waals surface area contributed by atoms with Crippen molar-refractivity contribution in [2.24, 2.45) is 0 Å². The van der Waals surface area contributed by atoms with Crippen LogP contribution in [0.15, 0.2) is 24.4 Å². The predicted octanol–water partition coefficient (Wildman–Crippen LogP) is 3.87. The highest BCUT2D eigenvalue weighted by Crippen LogP contribution is 2.28. The van der Waals surface area contributed by atoms with Crippen LogP contribution in [0.25, 0.3) is 10.9 Å². The van der Waals surface area contributed by atoms with Gasteiger partial charge < -0.3 is 9.67 Å². The highest BCUT2D eigenvalue weighted by molar-refractivity contribution is 5.94. The lowest BCUT2D eigenvalue weighted by molar-refractivity contribution is 0.0697. The molecule has 0 amide bonds. The summed E-state index contributed by atoms with van der Waals surface area (Å²) >= 11 is 0. The highest BCUT2D eigenvalue weighted by Gasteiger charge is 2.13. The second-order valence-corrected chi connectivity index (χ2v) is 4.97. The van der Waals surface area contributed by atoms with Crippen LogP contribution in [0, 0.1) is 0 Å². The van der Waals surface area contributed by atoms with E-state index >= 15 is 0 Å². The van der Waals surface area contributed by atoms with E-state index in [2.05, 4.69) is 31.5 Å². The molecule has 0 saturated carbocycles. The summed E-state index contributed by atoms with van der Waals surface area (Å²) in [5.74, 6) is -0.423. The SMILES string of the molecule is CCCn1cc(C(C)C)c2ccc(C(=O)O)cc21. The van der Waals surface area contributed by atoms with Crippen molar-refractivity contribution in [3.05, 3.63) is 35.5 Å². The Kier molecular flexibility index (Phi) is 3.41. The lowest BCUT2D eigenvalue weighted by Crippen LogP contribution is -1.98. The number of hydrogen-bond donors (Lipinski definition) is 1. The number of fused-ring (bicyclic) bond motifs is 1. The third-order valence-electron chi connectivity index (χ3n) is 3.25. The summed E-state index contributed by atoms with van der Waals surface area (Å²) in [7, 11) is 0. The minimum absolute atomic E-state index is 0.355. The molecule has 0 aliphatic heterocycles. The maximum absolute atomic E-state index is 11.0. The molecular weight excluding hydrogens is 226 g/mol. The maximum atomic E-state index is 11.0. The number of aromatic carboxylic acids is 1. The maximum Gasteiger partial charge on any atom is 0.335 e. The number of aromatic nitrogens is 1. The number of carbonyl (C=O) groups is 1. The first kappa shape index (κ1) is 12.7. The summed E-state index contributed by atoms with van der Waals surface area (Å²) in [5.41, 5.74) is 2.67. The molecule has 0 unspecified atom stereocenters. The average Bonchev–Trinajstić information content (AvgIpc) is 2.68. The van der Waals surface area contributed by atoms with E-state index in [9.17, 15) is 4.79 Å². The Hall–Kier alpha value is -1.77. The van der Waals surface area contributed by atoms with Gasteiger partial charge in [-0.3, -0.25) is 0 Å². The number of benzene rings is 1. The Morgan fingerprint density at radius 1 is 1.39 bits per heavy atom. The molecular formula is C15H19NO2. The molecule has 3 nitrogen and oxygen atoms in total. The van der Waals surface area contributed by atoms with Gasteiger partial charge in [-0.15, -0.1) is 0 Å². The van der Waals surface area contributed by atoms with Crippen LogP contribution in [0.5, 0.6) is 0 Å². The topological polar surface area (TPSA) is 42.2 Å². The van der Waals surface area contributed by atoms with Gasteiger partial charge in [0.15, 0.2) is 0 Å². The summed E-state index contributed by atoms with van der Waals surface area (Å²) in [5, 5.41) is 10.2. The zero-order chi connectivity index (χ0) is 13.3. The molecule has 0 aliphatic carbocycles. The normalized spacial score (nSPS) is 11.3. The number of carboxylic acid groups (broad SMARTS) is 1. The van der Waals surface area contributed by atoms with Crippen LogP contribution in [-0.4, -0.2) is 15.6 Å². The van der Waals surface area contributed by atoms with Crippen LogP contribution in [-0.2, 0) is 6.54 Å². The van der Waals surface area contributed by atoms with Gasteiger partial charge in [0.2, 0.25) is 0 Å². The predicted molar refractivity (Wildman–Crippen MR) is 73.3 cm³/mol. The average molecular weight is 245 g/mol. The monoisotopic (exact) mass is 245 g/mol. The smallest absolute Gasteiger partial charge is 0.335 e. The first-order valence-corrected chi connectivity index (χ1v) is 6.40. The lowest BCUT2D eigenvalue weighted by Gasteiger charge is -2.03. The van der Waals surface area contributed by atoms with Crippen molar-refractivity contribution < 1.29 is 9.90 Å². The number of aryl methyl sites for hydroxylation is 1. The second-order valence-electron chi connectivity index (χ2n) is 4.97. The third-order valence-corrected chi connectivity index (χ3v) is 3.25. The largest absolute Gasteiger partial charge is 0.478 e. The Bertz CT molecular complexity index is 581. The fourth-order valence-electron chi connectivity index (χ4n) is 2.34. The molecule has 1 aromatic carbocycles. The first-order chi connectivity index (χ1) is 8.54. The Morgan fingerprint density at radius 3 is 2.67 bits per heavy atom. The van der Waals surface area contributed by atoms with E-state index in [0.29, 0.717) is 11.5 Å². The van der Waals surface area contributed by atoms with Crippen molar-refractivity contribution in [2.75, 3.05) is 0 Å². The molecule has 0 radical (unpaired) electrons. The quantitative estimate of drug-likeness (QED) is 0.888. The number of hydrogen-bond acceptors (Lipinski definition) is 1. The fourth-order valence-corrected chi connectivity index (χ4v) is 2.34. The minimum atomic E-state index is -0.868. The van der Waals surface area contributed by atoms with Gasteiger partial charge in [-0.25, -0.2) is 4.79 Å². The summed E-state index contributed by atoms with van der Waals surface area (Å²) in [6.45, 7) is 7.38. The number of rotatable bonds is 4. The van der Waals surface area contributed by atoms with Crippen LogP contribution in [0.4, 0.5) is 0 Å². The van der Waals surface area contributed by atoms with Crippen LogP contribution in [0.3, 0.4) is 0 Å². The second kappa shape index (κ2) is 4.84. The first-order valence-electron chi connectivity index (χ1n) is 6.40. The van der Waals surface area contributed by atoms with Crippen molar-refractivity contribution in [1.29, 1.82) is 0 Å². The molecule has 0 saturated heterocycles. The van der Waals surface area contributed by atoms with Crippen molar-refractivity contribution in [3.8, 4) is 0 Å². The molecule has 0 aliphatic rings. The van der Waals surface area contributed by atoms with E-state index in [4.69, 9.17) is 5.11 Å². The van der Waals surface area contributed by atoms with Gasteiger partial charge in [0.25, 0.3) is 0 Å². The Balaban J connectivity index is 2.67.